The first-order chi connectivity index (χ1) is 8.59. The van der Waals surface area contributed by atoms with Crippen LogP contribution >= 0.6 is 8.81 Å². The van der Waals surface area contributed by atoms with Crippen LogP contribution in [-0.4, -0.2) is 59.1 Å². The van der Waals surface area contributed by atoms with Gasteiger partial charge in [-0.25, -0.2) is 0 Å². The molecule has 0 aliphatic heterocycles. The van der Waals surface area contributed by atoms with Crippen LogP contribution in [0.5, 0.6) is 0 Å². The van der Waals surface area contributed by atoms with Crippen molar-refractivity contribution in [2.75, 3.05) is 28.2 Å². The molecule has 0 saturated carbocycles. The lowest BCUT2D eigenvalue weighted by molar-refractivity contribution is 0.182. The predicted octanol–water partition coefficient (Wildman–Crippen LogP) is 0.860. The number of rotatable bonds is 5. The van der Waals surface area contributed by atoms with Crippen LogP contribution in [0.4, 0.5) is 0 Å². The summed E-state index contributed by atoms with van der Waals surface area (Å²) in [6.07, 6.45) is 0. The summed E-state index contributed by atoms with van der Waals surface area (Å²) in [6, 6.07) is 7.75. The van der Waals surface area contributed by atoms with Gasteiger partial charge in [0, 0.05) is 0 Å². The average Bonchev–Trinajstić information content (AvgIpc) is 2.72. The molecule has 0 aliphatic carbocycles. The van der Waals surface area contributed by atoms with Crippen LogP contribution in [0.15, 0.2) is 24.3 Å². The standard InChI is InChI=1S/C11H18N5OP/c1-14(2)11(15(3)4)18-17-16-10-8-6-5-7-9(10)12-13-16/h5-8,11,18H,1-4H3. The highest BCUT2D eigenvalue weighted by atomic mass is 31.1. The summed E-state index contributed by atoms with van der Waals surface area (Å²) in [5, 5.41) is 8.05. The van der Waals surface area contributed by atoms with E-state index in [1.165, 1.54) is 4.85 Å². The van der Waals surface area contributed by atoms with Crippen molar-refractivity contribution in [2.45, 2.75) is 5.91 Å². The van der Waals surface area contributed by atoms with Gasteiger partial charge in [-0.3, -0.25) is 9.80 Å². The van der Waals surface area contributed by atoms with Gasteiger partial charge in [-0.1, -0.05) is 17.0 Å². The van der Waals surface area contributed by atoms with Crippen molar-refractivity contribution in [1.29, 1.82) is 0 Å². The van der Waals surface area contributed by atoms with Crippen molar-refractivity contribution in [3.05, 3.63) is 24.3 Å². The summed E-state index contributed by atoms with van der Waals surface area (Å²) in [7, 11) is 8.37. The van der Waals surface area contributed by atoms with E-state index in [0.29, 0.717) is 0 Å². The van der Waals surface area contributed by atoms with Crippen LogP contribution in [0.25, 0.3) is 11.0 Å². The van der Waals surface area contributed by atoms with Gasteiger partial charge in [-0.15, -0.1) is 5.10 Å². The predicted molar refractivity (Wildman–Crippen MR) is 73.6 cm³/mol. The van der Waals surface area contributed by atoms with E-state index < -0.39 is 0 Å². The van der Waals surface area contributed by atoms with E-state index in [2.05, 4.69) is 20.1 Å². The molecule has 1 atom stereocenters. The fourth-order valence-corrected chi connectivity index (χ4v) is 2.44. The summed E-state index contributed by atoms with van der Waals surface area (Å²) in [5.41, 5.74) is 1.73. The van der Waals surface area contributed by atoms with Crippen LogP contribution in [0, 0.1) is 0 Å². The van der Waals surface area contributed by atoms with Crippen molar-refractivity contribution in [2.24, 2.45) is 0 Å². The molecule has 2 rings (SSSR count). The van der Waals surface area contributed by atoms with E-state index in [-0.39, 0.29) is 14.7 Å². The monoisotopic (exact) mass is 267 g/mol. The molecule has 0 radical (unpaired) electrons. The van der Waals surface area contributed by atoms with Crippen LogP contribution in [0.2, 0.25) is 0 Å². The maximum Gasteiger partial charge on any atom is 0.140 e. The smallest absolute Gasteiger partial charge is 0.140 e. The Labute approximate surface area is 108 Å². The second-order valence-electron chi connectivity index (χ2n) is 4.46. The first kappa shape index (κ1) is 13.2. The van der Waals surface area contributed by atoms with Gasteiger partial charge in [0.05, 0.1) is 0 Å². The molecule has 1 heterocycles. The Morgan fingerprint density at radius 3 is 2.50 bits per heavy atom. The van der Waals surface area contributed by atoms with Crippen LogP contribution in [-0.2, 0) is 0 Å². The minimum atomic E-state index is 0.216. The molecule has 1 unspecified atom stereocenters. The molecule has 6 nitrogen and oxygen atoms in total. The Balaban J connectivity index is 2.10. The molecule has 0 saturated heterocycles. The summed E-state index contributed by atoms with van der Waals surface area (Å²) >= 11 is 0. The topological polar surface area (TPSA) is 46.4 Å². The zero-order chi connectivity index (χ0) is 13.1. The van der Waals surface area contributed by atoms with Gasteiger partial charge < -0.3 is 4.62 Å². The lowest BCUT2D eigenvalue weighted by Gasteiger charge is -2.28. The van der Waals surface area contributed by atoms with Gasteiger partial charge in [0.1, 0.15) is 25.7 Å². The number of benzene rings is 1. The van der Waals surface area contributed by atoms with Gasteiger partial charge >= 0.3 is 0 Å². The van der Waals surface area contributed by atoms with Gasteiger partial charge in [0.2, 0.25) is 0 Å². The normalized spacial score (nSPS) is 12.6. The van der Waals surface area contributed by atoms with Gasteiger partial charge in [0.15, 0.2) is 0 Å². The average molecular weight is 267 g/mol. The largest absolute Gasteiger partial charge is 0.376 e. The Hall–Kier alpha value is -1.23. The molecule has 0 fully saturated rings. The van der Waals surface area contributed by atoms with Gasteiger partial charge in [-0.2, -0.15) is 0 Å². The quantitative estimate of drug-likeness (QED) is 0.594. The number of hydrogen-bond acceptors (Lipinski definition) is 5. The van der Waals surface area contributed by atoms with Crippen molar-refractivity contribution in [3.8, 4) is 0 Å². The molecular weight excluding hydrogens is 249 g/mol. The number of nitrogens with zero attached hydrogens (tertiary/aromatic N) is 5. The van der Waals surface area contributed by atoms with Crippen LogP contribution in [0.1, 0.15) is 0 Å². The summed E-state index contributed by atoms with van der Waals surface area (Å²) in [5.74, 6) is 0.216. The minimum Gasteiger partial charge on any atom is -0.376 e. The Bertz CT molecular complexity index is 505. The van der Waals surface area contributed by atoms with E-state index in [1.54, 1.807) is 0 Å². The maximum absolute atomic E-state index is 5.73. The van der Waals surface area contributed by atoms with E-state index in [0.717, 1.165) is 11.0 Å². The summed E-state index contributed by atoms with van der Waals surface area (Å²) in [4.78, 5) is 5.71. The molecule has 7 heteroatoms. The Morgan fingerprint density at radius 1 is 1.17 bits per heavy atom. The molecule has 0 spiro atoms. The summed E-state index contributed by atoms with van der Waals surface area (Å²) in [6.45, 7) is 0. The maximum atomic E-state index is 5.73. The second-order valence-corrected chi connectivity index (χ2v) is 5.40. The third-order valence-corrected chi connectivity index (χ3v) is 4.07. The second kappa shape index (κ2) is 5.61. The van der Waals surface area contributed by atoms with E-state index in [9.17, 15) is 0 Å². The highest BCUT2D eigenvalue weighted by molar-refractivity contribution is 7.33. The Kier molecular flexibility index (Phi) is 4.11. The highest BCUT2D eigenvalue weighted by Crippen LogP contribution is 2.21. The molecule has 2 aromatic rings. The van der Waals surface area contributed by atoms with Gasteiger partial charge in [-0.05, 0) is 45.5 Å². The third kappa shape index (κ3) is 2.77. The van der Waals surface area contributed by atoms with Crippen molar-refractivity contribution in [3.63, 3.8) is 0 Å². The van der Waals surface area contributed by atoms with Gasteiger partial charge in [0.25, 0.3) is 0 Å². The van der Waals surface area contributed by atoms with Crippen molar-refractivity contribution in [1.82, 2.24) is 25.0 Å². The molecular formula is C11H18N5OP. The lowest BCUT2D eigenvalue weighted by Crippen LogP contribution is -2.38. The molecule has 1 aromatic heterocycles. The first-order valence-electron chi connectivity index (χ1n) is 5.66. The van der Waals surface area contributed by atoms with E-state index in [4.69, 9.17) is 4.62 Å². The third-order valence-electron chi connectivity index (χ3n) is 2.54. The van der Waals surface area contributed by atoms with Crippen LogP contribution in [0.3, 0.4) is 0 Å². The van der Waals surface area contributed by atoms with Crippen molar-refractivity contribution >= 4 is 19.8 Å². The lowest BCUT2D eigenvalue weighted by atomic mass is 10.3. The zero-order valence-corrected chi connectivity index (χ0v) is 12.0. The number of para-hydroxylation sites is 1. The molecule has 0 bridgehead atoms. The molecule has 98 valence electrons. The van der Waals surface area contributed by atoms with E-state index >= 15 is 0 Å². The van der Waals surface area contributed by atoms with Crippen LogP contribution < -0.4 is 4.62 Å². The number of hydrogen-bond donors (Lipinski definition) is 0. The first-order valence-corrected chi connectivity index (χ1v) is 6.64. The fraction of sp³-hybridized carbons (Fsp3) is 0.455. The molecule has 0 amide bonds. The number of fused-ring (bicyclic) bond motifs is 1. The molecule has 18 heavy (non-hydrogen) atoms. The number of aromatic nitrogens is 3. The minimum absolute atomic E-state index is 0.216. The fourth-order valence-electron chi connectivity index (χ4n) is 1.68. The Morgan fingerprint density at radius 2 is 1.83 bits per heavy atom. The molecule has 0 aliphatic rings. The summed E-state index contributed by atoms with van der Waals surface area (Å²) < 4.78 is 5.73. The highest BCUT2D eigenvalue weighted by Gasteiger charge is 2.16. The van der Waals surface area contributed by atoms with Crippen molar-refractivity contribution < 1.29 is 4.62 Å². The molecule has 0 N–H and O–H groups in total. The van der Waals surface area contributed by atoms with E-state index in [1.807, 2.05) is 52.5 Å². The SMILES string of the molecule is CN(C)C(POn1nnc2ccccc21)N(C)C. The zero-order valence-electron chi connectivity index (χ0n) is 11.0. The molecule has 1 aromatic carbocycles.